The molecule has 4 heterocycles. The van der Waals surface area contributed by atoms with Crippen LogP contribution in [0.2, 0.25) is 0 Å². The zero-order valence-electron chi connectivity index (χ0n) is 19.0. The van der Waals surface area contributed by atoms with Gasteiger partial charge in [0.2, 0.25) is 0 Å². The number of para-hydroxylation sites is 2. The number of benzene rings is 1. The second-order valence-electron chi connectivity index (χ2n) is 9.63. The molecule has 2 aliphatic rings. The maximum absolute atomic E-state index is 13.6. The summed E-state index contributed by atoms with van der Waals surface area (Å²) in [6.45, 7) is 5.40. The number of H-pyrrole nitrogens is 1. The molecule has 4 aromatic rings. The van der Waals surface area contributed by atoms with Gasteiger partial charge < -0.3 is 9.88 Å². The number of rotatable bonds is 4. The van der Waals surface area contributed by atoms with Gasteiger partial charge in [0.05, 0.1) is 28.2 Å². The molecule has 1 N–H and O–H groups in total. The van der Waals surface area contributed by atoms with E-state index < -0.39 is 0 Å². The number of carbonyl (C=O) groups is 1. The molecule has 0 atom stereocenters. The maximum atomic E-state index is 13.6. The Balaban J connectivity index is 1.29. The number of pyridine rings is 1. The van der Waals surface area contributed by atoms with E-state index in [9.17, 15) is 9.59 Å². The number of hydrogen-bond donors (Lipinski definition) is 1. The topological polar surface area (TPSA) is 88.8 Å². The Hall–Kier alpha value is -3.42. The molecule has 33 heavy (non-hydrogen) atoms. The summed E-state index contributed by atoms with van der Waals surface area (Å²) in [5.74, 6) is 0.494. The fourth-order valence-corrected chi connectivity index (χ4v) is 5.11. The van der Waals surface area contributed by atoms with E-state index in [1.54, 1.807) is 6.20 Å². The van der Waals surface area contributed by atoms with E-state index in [2.05, 4.69) is 23.9 Å². The standard InChI is InChI=1S/C25H28N6O2/c1-15(2)31-23-19(14-26-31)18(13-21(27-23)16-7-8-16)24(32)29-11-9-17(10-12-29)30-22-6-4-3-5-20(22)28-25(30)33/h3-6,13-17H,7-12H2,1-2H3,(H,28,33). The van der Waals surface area contributed by atoms with Gasteiger partial charge in [-0.05, 0) is 57.7 Å². The molecule has 6 rings (SSSR count). The van der Waals surface area contributed by atoms with Crippen LogP contribution < -0.4 is 5.69 Å². The number of carbonyl (C=O) groups excluding carboxylic acids is 1. The van der Waals surface area contributed by atoms with Crippen molar-refractivity contribution in [3.05, 3.63) is 58.3 Å². The van der Waals surface area contributed by atoms with Gasteiger partial charge in [0.25, 0.3) is 5.91 Å². The molecule has 8 nitrogen and oxygen atoms in total. The van der Waals surface area contributed by atoms with Crippen LogP contribution in [0.1, 0.15) is 73.6 Å². The number of nitrogens with zero attached hydrogens (tertiary/aromatic N) is 5. The van der Waals surface area contributed by atoms with Crippen LogP contribution in [0.25, 0.3) is 22.1 Å². The largest absolute Gasteiger partial charge is 0.338 e. The van der Waals surface area contributed by atoms with Crippen LogP contribution in [0.5, 0.6) is 0 Å². The number of fused-ring (bicyclic) bond motifs is 2. The first-order valence-corrected chi connectivity index (χ1v) is 11.9. The molecule has 1 saturated carbocycles. The van der Waals surface area contributed by atoms with Crippen molar-refractivity contribution in [2.75, 3.05) is 13.1 Å². The molecule has 170 valence electrons. The van der Waals surface area contributed by atoms with Crippen molar-refractivity contribution in [1.82, 2.24) is 29.2 Å². The number of likely N-dealkylation sites (tertiary alicyclic amines) is 1. The van der Waals surface area contributed by atoms with E-state index in [1.165, 1.54) is 0 Å². The molecular weight excluding hydrogens is 416 g/mol. The first-order valence-electron chi connectivity index (χ1n) is 11.9. The molecule has 0 spiro atoms. The van der Waals surface area contributed by atoms with Crippen LogP contribution in [0, 0.1) is 0 Å². The van der Waals surface area contributed by atoms with Crippen molar-refractivity contribution in [3.8, 4) is 0 Å². The van der Waals surface area contributed by atoms with Crippen LogP contribution in [0.3, 0.4) is 0 Å². The third-order valence-corrected chi connectivity index (χ3v) is 7.04. The molecule has 0 bridgehead atoms. The van der Waals surface area contributed by atoms with Gasteiger partial charge in [-0.25, -0.2) is 14.5 Å². The minimum Gasteiger partial charge on any atom is -0.338 e. The lowest BCUT2D eigenvalue weighted by Crippen LogP contribution is -2.40. The van der Waals surface area contributed by atoms with E-state index in [1.807, 2.05) is 44.5 Å². The molecule has 0 radical (unpaired) electrons. The van der Waals surface area contributed by atoms with Crippen LogP contribution >= 0.6 is 0 Å². The quantitative estimate of drug-likeness (QED) is 0.515. The number of aromatic amines is 1. The molecule has 1 amide bonds. The molecular formula is C25H28N6O2. The highest BCUT2D eigenvalue weighted by Gasteiger charge is 2.31. The summed E-state index contributed by atoms with van der Waals surface area (Å²) in [7, 11) is 0. The molecule has 1 aromatic carbocycles. The Kier molecular flexibility index (Phi) is 4.64. The number of imidazole rings is 1. The lowest BCUT2D eigenvalue weighted by molar-refractivity contribution is 0.0697. The van der Waals surface area contributed by atoms with Gasteiger partial charge in [0, 0.05) is 36.8 Å². The van der Waals surface area contributed by atoms with Gasteiger partial charge in [-0.15, -0.1) is 0 Å². The van der Waals surface area contributed by atoms with Crippen LogP contribution in [0.15, 0.2) is 41.3 Å². The number of hydrogen-bond acceptors (Lipinski definition) is 4. The number of nitrogens with one attached hydrogen (secondary N) is 1. The zero-order chi connectivity index (χ0) is 22.7. The van der Waals surface area contributed by atoms with Gasteiger partial charge in [0.15, 0.2) is 5.65 Å². The number of piperidine rings is 1. The van der Waals surface area contributed by atoms with Gasteiger partial charge >= 0.3 is 5.69 Å². The van der Waals surface area contributed by atoms with E-state index in [0.29, 0.717) is 24.6 Å². The van der Waals surface area contributed by atoms with Crippen molar-refractivity contribution < 1.29 is 4.79 Å². The predicted octanol–water partition coefficient (Wildman–Crippen LogP) is 4.01. The van der Waals surface area contributed by atoms with E-state index in [4.69, 9.17) is 4.98 Å². The average Bonchev–Trinajstić information content (AvgIpc) is 3.49. The van der Waals surface area contributed by atoms with Gasteiger partial charge in [0.1, 0.15) is 0 Å². The third kappa shape index (κ3) is 3.35. The minimum absolute atomic E-state index is 0.0392. The van der Waals surface area contributed by atoms with E-state index in [-0.39, 0.29) is 23.7 Å². The summed E-state index contributed by atoms with van der Waals surface area (Å²) in [5.41, 5.74) is 4.23. The highest BCUT2D eigenvalue weighted by atomic mass is 16.2. The van der Waals surface area contributed by atoms with Crippen molar-refractivity contribution in [2.45, 2.75) is 57.5 Å². The lowest BCUT2D eigenvalue weighted by atomic mass is 10.0. The molecule has 1 aliphatic carbocycles. The first kappa shape index (κ1) is 20.2. The summed E-state index contributed by atoms with van der Waals surface area (Å²) in [6.07, 6.45) is 5.55. The highest BCUT2D eigenvalue weighted by molar-refractivity contribution is 6.05. The van der Waals surface area contributed by atoms with Crippen molar-refractivity contribution in [1.29, 1.82) is 0 Å². The van der Waals surface area contributed by atoms with Crippen LogP contribution in [-0.4, -0.2) is 48.2 Å². The van der Waals surface area contributed by atoms with Gasteiger partial charge in [-0.1, -0.05) is 12.1 Å². The lowest BCUT2D eigenvalue weighted by Gasteiger charge is -2.32. The second kappa shape index (κ2) is 7.57. The van der Waals surface area contributed by atoms with Crippen molar-refractivity contribution in [2.24, 2.45) is 0 Å². The normalized spacial score (nSPS) is 17.5. The molecule has 8 heteroatoms. The Morgan fingerprint density at radius 1 is 1.12 bits per heavy atom. The zero-order valence-corrected chi connectivity index (χ0v) is 19.0. The van der Waals surface area contributed by atoms with E-state index in [0.717, 1.165) is 53.4 Å². The Bertz CT molecular complexity index is 1420. The Morgan fingerprint density at radius 2 is 1.88 bits per heavy atom. The van der Waals surface area contributed by atoms with Gasteiger partial charge in [-0.3, -0.25) is 9.36 Å². The summed E-state index contributed by atoms with van der Waals surface area (Å²) in [5, 5.41) is 5.36. The van der Waals surface area contributed by atoms with E-state index >= 15 is 0 Å². The summed E-state index contributed by atoms with van der Waals surface area (Å²) in [6, 6.07) is 10.0. The highest BCUT2D eigenvalue weighted by Crippen LogP contribution is 2.40. The fraction of sp³-hybridized carbons (Fsp3) is 0.440. The average molecular weight is 445 g/mol. The summed E-state index contributed by atoms with van der Waals surface area (Å²) in [4.78, 5) is 36.0. The van der Waals surface area contributed by atoms with Crippen LogP contribution in [0.4, 0.5) is 0 Å². The Morgan fingerprint density at radius 3 is 2.61 bits per heavy atom. The molecule has 0 unspecified atom stereocenters. The predicted molar refractivity (Wildman–Crippen MR) is 127 cm³/mol. The maximum Gasteiger partial charge on any atom is 0.326 e. The fourth-order valence-electron chi connectivity index (χ4n) is 5.11. The molecule has 2 fully saturated rings. The first-order chi connectivity index (χ1) is 16.0. The smallest absolute Gasteiger partial charge is 0.326 e. The summed E-state index contributed by atoms with van der Waals surface area (Å²) < 4.78 is 3.77. The SMILES string of the molecule is CC(C)n1ncc2c(C(=O)N3CCC(n4c(=O)[nH]c5ccccc54)CC3)cc(C3CC3)nc21. The minimum atomic E-state index is -0.0769. The second-order valence-corrected chi connectivity index (χ2v) is 9.63. The number of aromatic nitrogens is 5. The molecule has 1 saturated heterocycles. The molecule has 1 aliphatic heterocycles. The van der Waals surface area contributed by atoms with Crippen LogP contribution in [-0.2, 0) is 0 Å². The van der Waals surface area contributed by atoms with Crippen molar-refractivity contribution in [3.63, 3.8) is 0 Å². The molecule has 3 aromatic heterocycles. The van der Waals surface area contributed by atoms with Crippen molar-refractivity contribution >= 4 is 28.0 Å². The van der Waals surface area contributed by atoms with Gasteiger partial charge in [-0.2, -0.15) is 5.10 Å². The Labute approximate surface area is 191 Å². The monoisotopic (exact) mass is 444 g/mol. The third-order valence-electron chi connectivity index (χ3n) is 7.04. The number of amides is 1. The summed E-state index contributed by atoms with van der Waals surface area (Å²) >= 11 is 0.